The Labute approximate surface area is 364 Å². The van der Waals surface area contributed by atoms with Gasteiger partial charge in [-0.1, -0.05) is 124 Å². The predicted molar refractivity (Wildman–Crippen MR) is 239 cm³/mol. The largest absolute Gasteiger partial charge is 0.472 e. The van der Waals surface area contributed by atoms with Crippen LogP contribution in [0.25, 0.3) is 0 Å². The van der Waals surface area contributed by atoms with E-state index < -0.39 is 75.7 Å². The molecule has 1 rings (SSSR count). The molecule has 0 amide bonds. The summed E-state index contributed by atoms with van der Waals surface area (Å²) < 4.78 is 33.4. The van der Waals surface area contributed by atoms with Gasteiger partial charge in [-0.2, -0.15) is 0 Å². The van der Waals surface area contributed by atoms with Gasteiger partial charge in [0.25, 0.3) is 0 Å². The number of carbonyl (C=O) groups is 2. The van der Waals surface area contributed by atoms with E-state index in [1.54, 1.807) is 0 Å². The Morgan fingerprint density at radius 3 is 1.41 bits per heavy atom. The van der Waals surface area contributed by atoms with Crippen molar-refractivity contribution < 1.29 is 63.1 Å². The van der Waals surface area contributed by atoms with Crippen LogP contribution in [0.3, 0.4) is 0 Å². The van der Waals surface area contributed by atoms with Gasteiger partial charge >= 0.3 is 19.8 Å². The smallest absolute Gasteiger partial charge is 0.462 e. The number of esters is 2. The van der Waals surface area contributed by atoms with Gasteiger partial charge in [0.2, 0.25) is 0 Å². The minimum absolute atomic E-state index is 0.0296. The molecule has 1 fully saturated rings. The van der Waals surface area contributed by atoms with Gasteiger partial charge in [-0.3, -0.25) is 18.6 Å². The molecule has 1 aliphatic carbocycles. The van der Waals surface area contributed by atoms with Crippen LogP contribution < -0.4 is 0 Å². The average molecular weight is 879 g/mol. The summed E-state index contributed by atoms with van der Waals surface area (Å²) in [5.74, 6) is -1.22. The Balaban J connectivity index is 2.57. The molecule has 0 heterocycles. The van der Waals surface area contributed by atoms with Gasteiger partial charge in [0.1, 0.15) is 43.2 Å². The Bertz CT molecular complexity index is 1430. The predicted octanol–water partition coefficient (Wildman–Crippen LogP) is 8.27. The maximum absolute atomic E-state index is 12.8. The number of aliphatic hydroxyl groups excluding tert-OH is 5. The first-order valence-electron chi connectivity index (χ1n) is 22.0. The van der Waals surface area contributed by atoms with Gasteiger partial charge in [0.15, 0.2) is 6.10 Å². The SMILES string of the molecule is CC/C=C\C/C=C\C/C=C\C/C=C\C/C=C\CCCC(=O)OC[C@H](COP(=O)(O)OC1C(O)C(O)C(O)[C@@H](O)C1O)OC(=O)CCCC/C=C\C/C=C\C/C=C\CCCCC. The fourth-order valence-corrected chi connectivity index (χ4v) is 6.83. The quantitative estimate of drug-likeness (QED) is 0.0156. The van der Waals surface area contributed by atoms with Gasteiger partial charge in [0, 0.05) is 12.8 Å². The minimum Gasteiger partial charge on any atom is -0.462 e. The van der Waals surface area contributed by atoms with Gasteiger partial charge in [-0.15, -0.1) is 0 Å². The molecule has 6 unspecified atom stereocenters. The molecular formula is C47H75O13P. The maximum Gasteiger partial charge on any atom is 0.472 e. The van der Waals surface area contributed by atoms with Gasteiger partial charge in [0.05, 0.1) is 6.61 Å². The summed E-state index contributed by atoms with van der Waals surface area (Å²) in [5, 5.41) is 50.1. The highest BCUT2D eigenvalue weighted by Crippen LogP contribution is 2.47. The van der Waals surface area contributed by atoms with E-state index in [1.165, 1.54) is 19.3 Å². The number of hydrogen-bond acceptors (Lipinski definition) is 12. The number of phosphoric acid groups is 1. The van der Waals surface area contributed by atoms with E-state index in [4.69, 9.17) is 18.5 Å². The van der Waals surface area contributed by atoms with Gasteiger partial charge < -0.3 is 39.9 Å². The van der Waals surface area contributed by atoms with E-state index in [2.05, 4.69) is 92.8 Å². The van der Waals surface area contributed by atoms with Crippen molar-refractivity contribution >= 4 is 19.8 Å². The number of unbranched alkanes of at least 4 members (excludes halogenated alkanes) is 6. The van der Waals surface area contributed by atoms with E-state index in [9.17, 15) is 44.6 Å². The topological polar surface area (TPSA) is 210 Å². The Kier molecular flexibility index (Phi) is 33.2. The molecule has 6 N–H and O–H groups in total. The summed E-state index contributed by atoms with van der Waals surface area (Å²) in [5.41, 5.74) is 0. The Hall–Kier alpha value is -3.23. The number of carbonyl (C=O) groups excluding carboxylic acids is 2. The summed E-state index contributed by atoms with van der Waals surface area (Å²) in [6.45, 7) is 3.05. The Morgan fingerprint density at radius 1 is 0.525 bits per heavy atom. The third-order valence-electron chi connectivity index (χ3n) is 9.41. The third kappa shape index (κ3) is 28.9. The molecular weight excluding hydrogens is 803 g/mol. The highest BCUT2D eigenvalue weighted by atomic mass is 31.2. The molecule has 0 saturated heterocycles. The summed E-state index contributed by atoms with van der Waals surface area (Å²) in [4.78, 5) is 35.6. The second-order valence-corrected chi connectivity index (χ2v) is 16.2. The second-order valence-electron chi connectivity index (χ2n) is 14.8. The number of phosphoric ester groups is 1. The van der Waals surface area contributed by atoms with Crippen LogP contribution in [0.15, 0.2) is 97.2 Å². The van der Waals surface area contributed by atoms with E-state index in [1.807, 2.05) is 18.2 Å². The molecule has 0 bridgehead atoms. The standard InChI is InChI=1S/C47H75O13P/c1-3-5-7-9-11-13-15-17-19-20-22-23-25-27-29-31-33-35-40(48)57-37-39(38-58-61(55,56)60-47-45(53)43(51)42(50)44(52)46(47)54)59-41(49)36-34-32-30-28-26-24-21-18-16-14-12-10-8-6-4-2/h5,7,11-14,17-19,21-23,26-29,39,42-47,50-54H,3-4,6,8-10,15-16,20,24-25,30-38H2,1-2H3,(H,55,56)/b7-5-,13-11-,14-12-,19-17-,21-18-,23-22-,28-26-,29-27-/t39-,42?,43-,44?,45?,46?,47?/m1/s1. The molecule has 0 radical (unpaired) electrons. The van der Waals surface area contributed by atoms with Crippen LogP contribution in [0.2, 0.25) is 0 Å². The summed E-state index contributed by atoms with van der Waals surface area (Å²) >= 11 is 0. The van der Waals surface area contributed by atoms with Crippen LogP contribution in [0, 0.1) is 0 Å². The summed E-state index contributed by atoms with van der Waals surface area (Å²) in [6, 6.07) is 0. The lowest BCUT2D eigenvalue weighted by Crippen LogP contribution is -2.64. The van der Waals surface area contributed by atoms with Crippen molar-refractivity contribution in [1.29, 1.82) is 0 Å². The highest BCUT2D eigenvalue weighted by Gasteiger charge is 2.51. The molecule has 1 saturated carbocycles. The summed E-state index contributed by atoms with van der Waals surface area (Å²) in [6.07, 6.45) is 34.7. The molecule has 0 aromatic carbocycles. The first-order valence-corrected chi connectivity index (χ1v) is 23.5. The van der Waals surface area contributed by atoms with E-state index >= 15 is 0 Å². The molecule has 1 aliphatic rings. The van der Waals surface area contributed by atoms with Crippen molar-refractivity contribution in [2.45, 2.75) is 172 Å². The molecule has 0 aromatic heterocycles. The molecule has 8 atom stereocenters. The number of rotatable bonds is 34. The van der Waals surface area contributed by atoms with E-state index in [-0.39, 0.29) is 12.8 Å². The molecule has 61 heavy (non-hydrogen) atoms. The van der Waals surface area contributed by atoms with E-state index in [0.29, 0.717) is 25.7 Å². The van der Waals surface area contributed by atoms with Crippen LogP contribution >= 0.6 is 7.82 Å². The zero-order valence-electron chi connectivity index (χ0n) is 36.4. The maximum atomic E-state index is 12.8. The summed E-state index contributed by atoms with van der Waals surface area (Å²) in [7, 11) is -5.15. The lowest BCUT2D eigenvalue weighted by molar-refractivity contribution is -0.220. The molecule has 0 spiro atoms. The van der Waals surface area contributed by atoms with Crippen molar-refractivity contribution in [3.05, 3.63) is 97.2 Å². The molecule has 14 heteroatoms. The first kappa shape index (κ1) is 55.8. The lowest BCUT2D eigenvalue weighted by atomic mass is 9.85. The fraction of sp³-hybridized carbons (Fsp3) is 0.617. The highest BCUT2D eigenvalue weighted by molar-refractivity contribution is 7.47. The van der Waals surface area contributed by atoms with Gasteiger partial charge in [-0.25, -0.2) is 4.57 Å². The van der Waals surface area contributed by atoms with Crippen molar-refractivity contribution in [2.24, 2.45) is 0 Å². The third-order valence-corrected chi connectivity index (χ3v) is 10.4. The molecule has 0 aromatic rings. The molecule has 0 aliphatic heterocycles. The number of allylic oxidation sites excluding steroid dienone is 16. The van der Waals surface area contributed by atoms with Crippen molar-refractivity contribution in [3.8, 4) is 0 Å². The lowest BCUT2D eigenvalue weighted by Gasteiger charge is -2.41. The van der Waals surface area contributed by atoms with Crippen LogP contribution in [-0.2, 0) is 32.7 Å². The number of aliphatic hydroxyl groups is 5. The zero-order chi connectivity index (χ0) is 45.0. The molecule has 13 nitrogen and oxygen atoms in total. The van der Waals surface area contributed by atoms with Crippen LogP contribution in [0.5, 0.6) is 0 Å². The van der Waals surface area contributed by atoms with E-state index in [0.717, 1.165) is 57.8 Å². The Morgan fingerprint density at radius 2 is 0.934 bits per heavy atom. The minimum atomic E-state index is -5.15. The number of hydrogen-bond donors (Lipinski definition) is 6. The molecule has 346 valence electrons. The van der Waals surface area contributed by atoms with Crippen molar-refractivity contribution in [1.82, 2.24) is 0 Å². The van der Waals surface area contributed by atoms with Crippen molar-refractivity contribution in [2.75, 3.05) is 13.2 Å². The number of ether oxygens (including phenoxy) is 2. The van der Waals surface area contributed by atoms with Crippen LogP contribution in [0.1, 0.15) is 129 Å². The monoisotopic (exact) mass is 878 g/mol. The van der Waals surface area contributed by atoms with Crippen LogP contribution in [0.4, 0.5) is 0 Å². The van der Waals surface area contributed by atoms with Gasteiger partial charge in [-0.05, 0) is 89.9 Å². The van der Waals surface area contributed by atoms with Crippen LogP contribution in [-0.4, -0.2) is 98.3 Å². The average Bonchev–Trinajstić information content (AvgIpc) is 3.24. The zero-order valence-corrected chi connectivity index (χ0v) is 37.3. The fourth-order valence-electron chi connectivity index (χ4n) is 5.86. The first-order chi connectivity index (χ1) is 29.4. The van der Waals surface area contributed by atoms with Crippen molar-refractivity contribution in [3.63, 3.8) is 0 Å². The normalized spacial score (nSPS) is 23.0. The second kappa shape index (κ2) is 36.3.